The van der Waals surface area contributed by atoms with E-state index in [1.165, 1.54) is 11.8 Å². The third-order valence-electron chi connectivity index (χ3n) is 5.46. The Morgan fingerprint density at radius 1 is 1.35 bits per heavy atom. The first-order valence-electron chi connectivity index (χ1n) is 9.20. The first-order valence-corrected chi connectivity index (χ1v) is 9.20. The van der Waals surface area contributed by atoms with Gasteiger partial charge in [0.25, 0.3) is 0 Å². The van der Waals surface area contributed by atoms with Gasteiger partial charge >= 0.3 is 5.69 Å². The van der Waals surface area contributed by atoms with Gasteiger partial charge in [0.05, 0.1) is 23.8 Å². The number of aromatic nitrogens is 3. The van der Waals surface area contributed by atoms with Crippen LogP contribution in [0.4, 0.5) is 11.5 Å². The van der Waals surface area contributed by atoms with Crippen LogP contribution in [0.2, 0.25) is 0 Å². The molecule has 0 amide bonds. The molecule has 2 aliphatic heterocycles. The number of nitro groups is 1. The van der Waals surface area contributed by atoms with Crippen LogP contribution >= 0.6 is 0 Å². The van der Waals surface area contributed by atoms with Crippen molar-refractivity contribution in [3.8, 4) is 0 Å². The molecule has 2 aromatic rings. The van der Waals surface area contributed by atoms with Crippen molar-refractivity contribution >= 4 is 17.2 Å². The van der Waals surface area contributed by atoms with E-state index in [0.29, 0.717) is 18.2 Å². The molecule has 140 valence electrons. The number of rotatable bonds is 5. The Morgan fingerprint density at radius 2 is 2.12 bits per heavy atom. The predicted molar refractivity (Wildman–Crippen MR) is 96.5 cm³/mol. The van der Waals surface area contributed by atoms with E-state index in [4.69, 9.17) is 9.72 Å². The van der Waals surface area contributed by atoms with Crippen LogP contribution in [0.1, 0.15) is 31.5 Å². The van der Waals surface area contributed by atoms with E-state index in [-0.39, 0.29) is 5.69 Å². The molecule has 2 aromatic heterocycles. The number of morpholine rings is 1. The molecule has 1 unspecified atom stereocenters. The molecule has 0 aromatic carbocycles. The van der Waals surface area contributed by atoms with Gasteiger partial charge in [0.2, 0.25) is 5.65 Å². The number of nitrogens with zero attached hydrogens (tertiary/aromatic N) is 6. The van der Waals surface area contributed by atoms with Gasteiger partial charge in [0.1, 0.15) is 12.0 Å². The minimum atomic E-state index is -0.400. The number of anilines is 1. The van der Waals surface area contributed by atoms with Gasteiger partial charge in [-0.3, -0.25) is 15.0 Å². The molecule has 1 atom stereocenters. The van der Waals surface area contributed by atoms with Crippen molar-refractivity contribution in [3.63, 3.8) is 0 Å². The fourth-order valence-electron chi connectivity index (χ4n) is 3.81. The molecule has 1 saturated heterocycles. The highest BCUT2D eigenvalue weighted by Gasteiger charge is 2.32. The number of ether oxygens (including phenoxy) is 1. The largest absolute Gasteiger partial charge is 0.379 e. The highest BCUT2D eigenvalue weighted by atomic mass is 16.6. The van der Waals surface area contributed by atoms with E-state index >= 15 is 0 Å². The number of fused-ring (bicyclic) bond motifs is 3. The fraction of sp³-hybridized carbons (Fsp3) is 0.647. The Bertz CT molecular complexity index is 830. The second-order valence-corrected chi connectivity index (χ2v) is 6.97. The smallest absolute Gasteiger partial charge is 0.333 e. The van der Waals surface area contributed by atoms with E-state index < -0.39 is 4.92 Å². The lowest BCUT2D eigenvalue weighted by molar-refractivity contribution is -0.383. The zero-order valence-corrected chi connectivity index (χ0v) is 15.2. The summed E-state index contributed by atoms with van der Waals surface area (Å²) in [5.74, 6) is 0.973. The van der Waals surface area contributed by atoms with Crippen molar-refractivity contribution in [2.45, 2.75) is 39.3 Å². The number of hydrogen-bond donors (Lipinski definition) is 0. The lowest BCUT2D eigenvalue weighted by Gasteiger charge is -2.28. The van der Waals surface area contributed by atoms with Crippen molar-refractivity contribution in [3.05, 3.63) is 27.6 Å². The Balaban J connectivity index is 1.83. The van der Waals surface area contributed by atoms with E-state index in [9.17, 15) is 10.1 Å². The Labute approximate surface area is 151 Å². The van der Waals surface area contributed by atoms with Crippen molar-refractivity contribution in [1.29, 1.82) is 0 Å². The molecule has 26 heavy (non-hydrogen) atoms. The first-order chi connectivity index (χ1) is 12.6. The zero-order valence-electron chi connectivity index (χ0n) is 15.2. The van der Waals surface area contributed by atoms with Crippen molar-refractivity contribution in [1.82, 2.24) is 19.5 Å². The maximum Gasteiger partial charge on any atom is 0.333 e. The fourth-order valence-corrected chi connectivity index (χ4v) is 3.81. The van der Waals surface area contributed by atoms with Crippen LogP contribution in [-0.2, 0) is 17.7 Å². The van der Waals surface area contributed by atoms with E-state index in [1.807, 2.05) is 0 Å². The summed E-state index contributed by atoms with van der Waals surface area (Å²) in [7, 11) is 0. The summed E-state index contributed by atoms with van der Waals surface area (Å²) in [6, 6.07) is 0.348. The van der Waals surface area contributed by atoms with Gasteiger partial charge in [-0.1, -0.05) is 6.92 Å². The summed E-state index contributed by atoms with van der Waals surface area (Å²) in [6.45, 7) is 9.08. The van der Waals surface area contributed by atoms with Crippen LogP contribution in [0.25, 0.3) is 5.65 Å². The third kappa shape index (κ3) is 2.80. The standard InChI is InChI=1S/C17H24N6O3/c1-3-12(2)21-5-4-13-14(11-20-6-8-26-9-7-20)19-16-15(23(24)25)10-18-22(16)17(13)21/h10,12H,3-9,11H2,1-2H3. The van der Waals surface area contributed by atoms with Gasteiger partial charge in [-0.05, 0) is 19.8 Å². The summed E-state index contributed by atoms with van der Waals surface area (Å²) >= 11 is 0. The van der Waals surface area contributed by atoms with Gasteiger partial charge in [-0.25, -0.2) is 4.98 Å². The van der Waals surface area contributed by atoms with Crippen molar-refractivity contribution < 1.29 is 9.66 Å². The lowest BCUT2D eigenvalue weighted by atomic mass is 10.1. The molecule has 4 heterocycles. The molecular formula is C17H24N6O3. The van der Waals surface area contributed by atoms with E-state index in [1.54, 1.807) is 4.52 Å². The normalized spacial score (nSPS) is 19.1. The van der Waals surface area contributed by atoms with Crippen LogP contribution in [0.15, 0.2) is 6.20 Å². The average molecular weight is 360 g/mol. The van der Waals surface area contributed by atoms with Gasteiger partial charge < -0.3 is 9.64 Å². The maximum absolute atomic E-state index is 11.4. The lowest BCUT2D eigenvalue weighted by Crippen LogP contribution is -2.36. The summed E-state index contributed by atoms with van der Waals surface area (Å²) in [5, 5.41) is 15.7. The van der Waals surface area contributed by atoms with Crippen LogP contribution in [0, 0.1) is 10.1 Å². The monoisotopic (exact) mass is 360 g/mol. The van der Waals surface area contributed by atoms with Crippen LogP contribution in [0.5, 0.6) is 0 Å². The topological polar surface area (TPSA) is 89.0 Å². The summed E-state index contributed by atoms with van der Waals surface area (Å²) in [5.41, 5.74) is 2.41. The molecule has 9 nitrogen and oxygen atoms in total. The van der Waals surface area contributed by atoms with Gasteiger partial charge in [0, 0.05) is 37.8 Å². The van der Waals surface area contributed by atoms with Gasteiger partial charge in [-0.15, -0.1) is 0 Å². The maximum atomic E-state index is 11.4. The van der Waals surface area contributed by atoms with E-state index in [2.05, 4.69) is 28.7 Å². The second-order valence-electron chi connectivity index (χ2n) is 6.97. The molecule has 0 spiro atoms. The van der Waals surface area contributed by atoms with Crippen molar-refractivity contribution in [2.24, 2.45) is 0 Å². The molecule has 0 radical (unpaired) electrons. The van der Waals surface area contributed by atoms with Crippen LogP contribution in [0.3, 0.4) is 0 Å². The molecule has 1 fully saturated rings. The Hall–Kier alpha value is -2.26. The van der Waals surface area contributed by atoms with Gasteiger partial charge in [-0.2, -0.15) is 9.61 Å². The van der Waals surface area contributed by atoms with E-state index in [0.717, 1.165) is 57.2 Å². The molecule has 0 aliphatic carbocycles. The summed E-state index contributed by atoms with van der Waals surface area (Å²) in [4.78, 5) is 20.3. The summed E-state index contributed by atoms with van der Waals surface area (Å²) < 4.78 is 7.09. The molecule has 0 N–H and O–H groups in total. The Morgan fingerprint density at radius 3 is 2.81 bits per heavy atom. The first kappa shape index (κ1) is 17.2. The minimum absolute atomic E-state index is 0.0352. The molecular weight excluding hydrogens is 336 g/mol. The zero-order chi connectivity index (χ0) is 18.3. The highest BCUT2D eigenvalue weighted by Crippen LogP contribution is 2.35. The molecule has 0 saturated carbocycles. The SMILES string of the molecule is CCC(C)N1CCc2c(CN3CCOCC3)nc3c([N+](=O)[O-])cnn3c21. The third-order valence-corrected chi connectivity index (χ3v) is 5.46. The number of hydrogen-bond acceptors (Lipinski definition) is 7. The highest BCUT2D eigenvalue weighted by molar-refractivity contribution is 5.67. The average Bonchev–Trinajstić information content (AvgIpc) is 3.26. The molecule has 0 bridgehead atoms. The van der Waals surface area contributed by atoms with Gasteiger partial charge in [0.15, 0.2) is 0 Å². The minimum Gasteiger partial charge on any atom is -0.379 e. The second kappa shape index (κ2) is 6.81. The van der Waals surface area contributed by atoms with Crippen molar-refractivity contribution in [2.75, 3.05) is 37.7 Å². The predicted octanol–water partition coefficient (Wildman–Crippen LogP) is 1.63. The van der Waals surface area contributed by atoms with Crippen LogP contribution < -0.4 is 4.90 Å². The Kier molecular flexibility index (Phi) is 4.49. The molecule has 4 rings (SSSR count). The quantitative estimate of drug-likeness (QED) is 0.591. The molecule has 9 heteroatoms. The molecule has 2 aliphatic rings. The van der Waals surface area contributed by atoms with Crippen LogP contribution in [-0.4, -0.2) is 63.3 Å². The summed E-state index contributed by atoms with van der Waals surface area (Å²) in [6.07, 6.45) is 3.22.